The van der Waals surface area contributed by atoms with Gasteiger partial charge in [-0.25, -0.2) is 0 Å². The molecule has 0 bridgehead atoms. The maximum Gasteiger partial charge on any atom is 0.224 e. The SMILES string of the molecule is Cc1n[nH]c(C)c1CC(=O)NC(CCO)C(C)(C)C. The van der Waals surface area contributed by atoms with Crippen molar-refractivity contribution in [3.05, 3.63) is 17.0 Å². The lowest BCUT2D eigenvalue weighted by Gasteiger charge is -2.31. The fourth-order valence-corrected chi connectivity index (χ4v) is 2.09. The Balaban J connectivity index is 2.68. The molecule has 1 aromatic heterocycles. The van der Waals surface area contributed by atoms with Crippen LogP contribution in [0.4, 0.5) is 0 Å². The number of carbonyl (C=O) groups excluding carboxylic acids is 1. The summed E-state index contributed by atoms with van der Waals surface area (Å²) in [5, 5.41) is 19.1. The van der Waals surface area contributed by atoms with E-state index in [0.717, 1.165) is 17.0 Å². The van der Waals surface area contributed by atoms with Crippen molar-refractivity contribution in [2.75, 3.05) is 6.61 Å². The van der Waals surface area contributed by atoms with E-state index in [1.165, 1.54) is 0 Å². The molecule has 1 aromatic rings. The van der Waals surface area contributed by atoms with Gasteiger partial charge in [0.1, 0.15) is 0 Å². The number of aliphatic hydroxyl groups is 1. The van der Waals surface area contributed by atoms with E-state index in [0.29, 0.717) is 12.8 Å². The second-order valence-electron chi connectivity index (χ2n) is 6.09. The van der Waals surface area contributed by atoms with Crippen molar-refractivity contribution in [3.8, 4) is 0 Å². The number of nitrogens with zero attached hydrogens (tertiary/aromatic N) is 1. The Labute approximate surface area is 114 Å². The first-order valence-electron chi connectivity index (χ1n) is 6.66. The quantitative estimate of drug-likeness (QED) is 0.756. The third-order valence-corrected chi connectivity index (χ3v) is 3.42. The number of rotatable bonds is 5. The minimum Gasteiger partial charge on any atom is -0.396 e. The van der Waals surface area contributed by atoms with Gasteiger partial charge in [0.2, 0.25) is 5.91 Å². The second-order valence-corrected chi connectivity index (χ2v) is 6.09. The number of aliphatic hydroxyl groups excluding tert-OH is 1. The predicted octanol–water partition coefficient (Wildman–Crippen LogP) is 1.48. The Morgan fingerprint density at radius 2 is 2.05 bits per heavy atom. The molecular weight excluding hydrogens is 242 g/mol. The molecule has 1 amide bonds. The first-order chi connectivity index (χ1) is 8.75. The molecule has 1 atom stereocenters. The minimum absolute atomic E-state index is 0.0269. The number of nitrogens with one attached hydrogen (secondary N) is 2. The molecule has 0 saturated carbocycles. The smallest absolute Gasteiger partial charge is 0.224 e. The van der Waals surface area contributed by atoms with Gasteiger partial charge >= 0.3 is 0 Å². The predicted molar refractivity (Wildman–Crippen MR) is 74.9 cm³/mol. The molecule has 3 N–H and O–H groups in total. The number of amides is 1. The normalized spacial score (nSPS) is 13.4. The van der Waals surface area contributed by atoms with E-state index in [4.69, 9.17) is 5.11 Å². The molecule has 19 heavy (non-hydrogen) atoms. The van der Waals surface area contributed by atoms with Crippen LogP contribution in [0.25, 0.3) is 0 Å². The zero-order valence-electron chi connectivity index (χ0n) is 12.5. The number of H-pyrrole nitrogens is 1. The van der Waals surface area contributed by atoms with Gasteiger partial charge in [0, 0.05) is 23.9 Å². The van der Waals surface area contributed by atoms with E-state index >= 15 is 0 Å². The molecule has 0 aliphatic carbocycles. The van der Waals surface area contributed by atoms with Gasteiger partial charge < -0.3 is 10.4 Å². The number of aromatic nitrogens is 2. The fraction of sp³-hybridized carbons (Fsp3) is 0.714. The zero-order chi connectivity index (χ0) is 14.6. The van der Waals surface area contributed by atoms with Crippen LogP contribution in [-0.2, 0) is 11.2 Å². The van der Waals surface area contributed by atoms with Gasteiger partial charge in [0.15, 0.2) is 0 Å². The molecule has 1 rings (SSSR count). The molecule has 1 heterocycles. The van der Waals surface area contributed by atoms with Crippen LogP contribution in [0.1, 0.15) is 44.1 Å². The molecule has 0 aromatic carbocycles. The molecule has 0 radical (unpaired) electrons. The Morgan fingerprint density at radius 3 is 2.47 bits per heavy atom. The summed E-state index contributed by atoms with van der Waals surface area (Å²) >= 11 is 0. The van der Waals surface area contributed by atoms with Crippen molar-refractivity contribution in [1.29, 1.82) is 0 Å². The molecule has 108 valence electrons. The van der Waals surface area contributed by atoms with E-state index in [1.807, 2.05) is 13.8 Å². The van der Waals surface area contributed by atoms with Crippen molar-refractivity contribution >= 4 is 5.91 Å². The molecule has 0 fully saturated rings. The highest BCUT2D eigenvalue weighted by atomic mass is 16.3. The molecule has 5 heteroatoms. The lowest BCUT2D eigenvalue weighted by Crippen LogP contribution is -2.44. The number of aryl methyl sites for hydroxylation is 2. The van der Waals surface area contributed by atoms with Crippen LogP contribution >= 0.6 is 0 Å². The molecule has 5 nitrogen and oxygen atoms in total. The monoisotopic (exact) mass is 267 g/mol. The van der Waals surface area contributed by atoms with Crippen molar-refractivity contribution in [1.82, 2.24) is 15.5 Å². The standard InChI is InChI=1S/C14H25N3O2/c1-9-11(10(2)17-16-9)8-13(19)15-12(6-7-18)14(3,4)5/h12,18H,6-8H2,1-5H3,(H,15,19)(H,16,17). The van der Waals surface area contributed by atoms with Crippen LogP contribution < -0.4 is 5.32 Å². The molecule has 0 spiro atoms. The molecular formula is C14H25N3O2. The fourth-order valence-electron chi connectivity index (χ4n) is 2.09. The molecule has 0 saturated heterocycles. The maximum absolute atomic E-state index is 12.1. The van der Waals surface area contributed by atoms with Crippen LogP contribution in [-0.4, -0.2) is 33.9 Å². The Hall–Kier alpha value is -1.36. The lowest BCUT2D eigenvalue weighted by molar-refractivity contribution is -0.122. The van der Waals surface area contributed by atoms with Gasteiger partial charge in [0.05, 0.1) is 12.1 Å². The van der Waals surface area contributed by atoms with Gasteiger partial charge in [0.25, 0.3) is 0 Å². The van der Waals surface area contributed by atoms with Crippen molar-refractivity contribution < 1.29 is 9.90 Å². The Kier molecular flexibility index (Phi) is 5.11. The lowest BCUT2D eigenvalue weighted by atomic mass is 9.85. The third kappa shape index (κ3) is 4.35. The van der Waals surface area contributed by atoms with Crippen LogP contribution in [0.15, 0.2) is 0 Å². The summed E-state index contributed by atoms with van der Waals surface area (Å²) in [5.41, 5.74) is 2.68. The molecule has 0 aliphatic rings. The summed E-state index contributed by atoms with van der Waals surface area (Å²) < 4.78 is 0. The highest BCUT2D eigenvalue weighted by Crippen LogP contribution is 2.22. The first kappa shape index (κ1) is 15.7. The number of hydrogen-bond donors (Lipinski definition) is 3. The summed E-state index contributed by atoms with van der Waals surface area (Å²) in [6.07, 6.45) is 0.894. The highest BCUT2D eigenvalue weighted by molar-refractivity contribution is 5.79. The summed E-state index contributed by atoms with van der Waals surface area (Å²) in [6, 6.07) is -0.0301. The zero-order valence-corrected chi connectivity index (χ0v) is 12.5. The summed E-state index contributed by atoms with van der Waals surface area (Å²) in [5.74, 6) is -0.0269. The van der Waals surface area contributed by atoms with Crippen LogP contribution in [0.3, 0.4) is 0 Å². The van der Waals surface area contributed by atoms with Crippen LogP contribution in [0.2, 0.25) is 0 Å². The van der Waals surface area contributed by atoms with Crippen LogP contribution in [0, 0.1) is 19.3 Å². The largest absolute Gasteiger partial charge is 0.396 e. The van der Waals surface area contributed by atoms with E-state index < -0.39 is 0 Å². The first-order valence-corrected chi connectivity index (χ1v) is 6.66. The maximum atomic E-state index is 12.1. The Morgan fingerprint density at radius 1 is 1.42 bits per heavy atom. The number of hydrogen-bond acceptors (Lipinski definition) is 3. The van der Waals surface area contributed by atoms with Crippen LogP contribution in [0.5, 0.6) is 0 Å². The second kappa shape index (κ2) is 6.19. The highest BCUT2D eigenvalue weighted by Gasteiger charge is 2.26. The topological polar surface area (TPSA) is 78.0 Å². The van der Waals surface area contributed by atoms with E-state index in [1.54, 1.807) is 0 Å². The van der Waals surface area contributed by atoms with Gasteiger partial charge in [-0.05, 0) is 25.7 Å². The summed E-state index contributed by atoms with van der Waals surface area (Å²) in [7, 11) is 0. The summed E-state index contributed by atoms with van der Waals surface area (Å²) in [4.78, 5) is 12.1. The number of carbonyl (C=O) groups is 1. The van der Waals surface area contributed by atoms with Gasteiger partial charge in [-0.1, -0.05) is 20.8 Å². The van der Waals surface area contributed by atoms with Gasteiger partial charge in [-0.3, -0.25) is 9.89 Å². The molecule has 0 aliphatic heterocycles. The average molecular weight is 267 g/mol. The van der Waals surface area contributed by atoms with Gasteiger partial charge in [-0.2, -0.15) is 5.10 Å². The number of aromatic amines is 1. The van der Waals surface area contributed by atoms with Crippen molar-refractivity contribution in [2.24, 2.45) is 5.41 Å². The van der Waals surface area contributed by atoms with Crippen molar-refractivity contribution in [2.45, 2.75) is 53.5 Å². The minimum atomic E-state index is -0.0706. The van der Waals surface area contributed by atoms with Crippen molar-refractivity contribution in [3.63, 3.8) is 0 Å². The third-order valence-electron chi connectivity index (χ3n) is 3.42. The Bertz CT molecular complexity index is 413. The average Bonchev–Trinajstić information content (AvgIpc) is 2.59. The van der Waals surface area contributed by atoms with Gasteiger partial charge in [-0.15, -0.1) is 0 Å². The molecule has 1 unspecified atom stereocenters. The van der Waals surface area contributed by atoms with E-state index in [9.17, 15) is 4.79 Å². The summed E-state index contributed by atoms with van der Waals surface area (Å²) in [6.45, 7) is 10.1. The van der Waals surface area contributed by atoms with E-state index in [2.05, 4.69) is 36.3 Å². The van der Waals surface area contributed by atoms with E-state index in [-0.39, 0.29) is 24.0 Å².